The number of fused-ring (bicyclic) bond motifs is 1. The number of carbonyl (C=O) groups is 1. The second kappa shape index (κ2) is 6.46. The van der Waals surface area contributed by atoms with Crippen LogP contribution in [0.2, 0.25) is 0 Å². The molecule has 0 aliphatic carbocycles. The van der Waals surface area contributed by atoms with Gasteiger partial charge in [-0.1, -0.05) is 11.7 Å². The van der Waals surface area contributed by atoms with E-state index in [0.717, 1.165) is 5.52 Å². The van der Waals surface area contributed by atoms with Crippen molar-refractivity contribution in [1.29, 1.82) is 0 Å². The molecule has 0 spiro atoms. The molecule has 2 aromatic heterocycles. The minimum Gasteiger partial charge on any atom is -0.443 e. The van der Waals surface area contributed by atoms with Gasteiger partial charge in [-0.3, -0.25) is 0 Å². The fourth-order valence-corrected chi connectivity index (χ4v) is 2.56. The summed E-state index contributed by atoms with van der Waals surface area (Å²) in [6, 6.07) is 6.99. The SMILES string of the molecule is C=C(C)c1cc(N(C(=O)OC(C)(C)C)c2nc3cc(N)ccc3n2C)no1. The van der Waals surface area contributed by atoms with Crippen LogP contribution < -0.4 is 10.6 Å². The molecule has 0 bridgehead atoms. The molecule has 2 heterocycles. The molecular formula is C19H23N5O3. The number of nitrogens with two attached hydrogens (primary N) is 1. The van der Waals surface area contributed by atoms with Crippen LogP contribution in [0.4, 0.5) is 22.2 Å². The molecule has 8 heteroatoms. The van der Waals surface area contributed by atoms with Crippen LogP contribution in [0.3, 0.4) is 0 Å². The molecule has 1 aromatic carbocycles. The lowest BCUT2D eigenvalue weighted by atomic mass is 10.2. The highest BCUT2D eigenvalue weighted by molar-refractivity contribution is 5.96. The number of hydrogen-bond acceptors (Lipinski definition) is 6. The minimum atomic E-state index is -0.689. The van der Waals surface area contributed by atoms with Gasteiger partial charge in [-0.2, -0.15) is 4.90 Å². The number of ether oxygens (including phenoxy) is 1. The number of carbonyl (C=O) groups excluding carboxylic acids is 1. The summed E-state index contributed by atoms with van der Waals surface area (Å²) in [5, 5.41) is 4.01. The second-order valence-corrected chi connectivity index (χ2v) is 7.36. The lowest BCUT2D eigenvalue weighted by molar-refractivity contribution is 0.0594. The highest BCUT2D eigenvalue weighted by Crippen LogP contribution is 2.31. The Balaban J connectivity index is 2.15. The number of imidazole rings is 1. The predicted octanol–water partition coefficient (Wildman–Crippen LogP) is 4.25. The predicted molar refractivity (Wildman–Crippen MR) is 105 cm³/mol. The molecule has 0 unspecified atom stereocenters. The third-order valence-corrected chi connectivity index (χ3v) is 3.80. The van der Waals surface area contributed by atoms with E-state index in [1.54, 1.807) is 57.5 Å². The summed E-state index contributed by atoms with van der Waals surface area (Å²) in [5.41, 5.74) is 7.92. The third-order valence-electron chi connectivity index (χ3n) is 3.80. The summed E-state index contributed by atoms with van der Waals surface area (Å²) in [4.78, 5) is 18.8. The average molecular weight is 369 g/mol. The van der Waals surface area contributed by atoms with Crippen molar-refractivity contribution in [3.05, 3.63) is 36.6 Å². The maximum Gasteiger partial charge on any atom is 0.423 e. The summed E-state index contributed by atoms with van der Waals surface area (Å²) in [6.45, 7) is 11.0. The molecule has 8 nitrogen and oxygen atoms in total. The van der Waals surface area contributed by atoms with E-state index < -0.39 is 11.7 Å². The van der Waals surface area contributed by atoms with Gasteiger partial charge in [0, 0.05) is 18.8 Å². The van der Waals surface area contributed by atoms with Crippen molar-refractivity contribution in [2.24, 2.45) is 7.05 Å². The van der Waals surface area contributed by atoms with Crippen LogP contribution in [0.15, 0.2) is 35.4 Å². The first-order chi connectivity index (χ1) is 12.6. The average Bonchev–Trinajstić information content (AvgIpc) is 3.12. The molecule has 0 radical (unpaired) electrons. The number of amides is 1. The molecule has 2 N–H and O–H groups in total. The maximum absolute atomic E-state index is 13.0. The van der Waals surface area contributed by atoms with Crippen molar-refractivity contribution in [3.8, 4) is 0 Å². The summed E-state index contributed by atoms with van der Waals surface area (Å²) < 4.78 is 12.6. The van der Waals surface area contributed by atoms with E-state index in [1.165, 1.54) is 4.90 Å². The van der Waals surface area contributed by atoms with Gasteiger partial charge in [-0.05, 0) is 51.5 Å². The Morgan fingerprint density at radius 1 is 1.33 bits per heavy atom. The van der Waals surface area contributed by atoms with Gasteiger partial charge in [0.05, 0.1) is 11.0 Å². The third kappa shape index (κ3) is 3.64. The van der Waals surface area contributed by atoms with Crippen LogP contribution in [0, 0.1) is 0 Å². The van der Waals surface area contributed by atoms with Crippen LogP contribution in [0.25, 0.3) is 16.6 Å². The molecule has 27 heavy (non-hydrogen) atoms. The molecule has 0 saturated heterocycles. The van der Waals surface area contributed by atoms with Gasteiger partial charge in [0.1, 0.15) is 5.60 Å². The lowest BCUT2D eigenvalue weighted by Gasteiger charge is -2.25. The minimum absolute atomic E-state index is 0.258. The number of benzene rings is 1. The highest BCUT2D eigenvalue weighted by Gasteiger charge is 2.31. The quantitative estimate of drug-likeness (QED) is 0.693. The van der Waals surface area contributed by atoms with Crippen molar-refractivity contribution in [2.75, 3.05) is 10.6 Å². The largest absolute Gasteiger partial charge is 0.443 e. The van der Waals surface area contributed by atoms with Crippen molar-refractivity contribution in [1.82, 2.24) is 14.7 Å². The number of aryl methyl sites for hydroxylation is 1. The van der Waals surface area contributed by atoms with E-state index in [2.05, 4.69) is 16.7 Å². The van der Waals surface area contributed by atoms with Crippen LogP contribution in [0.1, 0.15) is 33.5 Å². The van der Waals surface area contributed by atoms with Crippen molar-refractivity contribution in [2.45, 2.75) is 33.3 Å². The second-order valence-electron chi connectivity index (χ2n) is 7.36. The Labute approximate surface area is 157 Å². The number of nitrogens with zero attached hydrogens (tertiary/aromatic N) is 4. The van der Waals surface area contributed by atoms with Gasteiger partial charge in [-0.15, -0.1) is 0 Å². The zero-order chi connectivity index (χ0) is 19.9. The molecule has 3 rings (SSSR count). The Hall–Kier alpha value is -3.29. The van der Waals surface area contributed by atoms with E-state index in [1.807, 2.05) is 6.07 Å². The number of rotatable bonds is 3. The molecule has 0 atom stereocenters. The molecule has 1 amide bonds. The van der Waals surface area contributed by atoms with E-state index in [9.17, 15) is 4.79 Å². The van der Waals surface area contributed by atoms with Crippen LogP contribution >= 0.6 is 0 Å². The Morgan fingerprint density at radius 3 is 2.63 bits per heavy atom. The normalized spacial score (nSPS) is 11.6. The fraction of sp³-hybridized carbons (Fsp3) is 0.316. The first-order valence-corrected chi connectivity index (χ1v) is 8.44. The number of allylic oxidation sites excluding steroid dienone is 1. The number of hydrogen-bond donors (Lipinski definition) is 1. The van der Waals surface area contributed by atoms with Crippen molar-refractivity contribution >= 4 is 40.2 Å². The summed E-state index contributed by atoms with van der Waals surface area (Å²) in [7, 11) is 1.80. The molecular weight excluding hydrogens is 346 g/mol. The Kier molecular flexibility index (Phi) is 4.43. The van der Waals surface area contributed by atoms with Gasteiger partial charge in [0.2, 0.25) is 5.95 Å². The van der Waals surface area contributed by atoms with Crippen LogP contribution in [0.5, 0.6) is 0 Å². The molecule has 142 valence electrons. The van der Waals surface area contributed by atoms with Crippen LogP contribution in [-0.4, -0.2) is 26.4 Å². The standard InChI is InChI=1S/C19H23N5O3/c1-11(2)15-10-16(22-27-15)24(18(25)26-19(3,4)5)17-21-13-9-12(20)7-8-14(13)23(17)6/h7-10H,1,20H2,2-6H3. The number of anilines is 3. The summed E-state index contributed by atoms with van der Waals surface area (Å²) >= 11 is 0. The molecule has 0 aliphatic rings. The van der Waals surface area contributed by atoms with Gasteiger partial charge in [-0.25, -0.2) is 9.78 Å². The van der Waals surface area contributed by atoms with E-state index >= 15 is 0 Å². The van der Waals surface area contributed by atoms with E-state index in [4.69, 9.17) is 15.0 Å². The topological polar surface area (TPSA) is 99.4 Å². The molecule has 3 aromatic rings. The zero-order valence-electron chi connectivity index (χ0n) is 16.1. The van der Waals surface area contributed by atoms with Gasteiger partial charge in [0.15, 0.2) is 11.6 Å². The van der Waals surface area contributed by atoms with E-state index in [0.29, 0.717) is 28.5 Å². The highest BCUT2D eigenvalue weighted by atomic mass is 16.6. The Morgan fingerprint density at radius 2 is 2.04 bits per heavy atom. The first kappa shape index (κ1) is 18.5. The first-order valence-electron chi connectivity index (χ1n) is 8.44. The van der Waals surface area contributed by atoms with Crippen LogP contribution in [-0.2, 0) is 11.8 Å². The monoisotopic (exact) mass is 369 g/mol. The molecule has 0 saturated carbocycles. The van der Waals surface area contributed by atoms with Gasteiger partial charge in [0.25, 0.3) is 0 Å². The summed E-state index contributed by atoms with van der Waals surface area (Å²) in [6.07, 6.45) is -0.615. The number of nitrogen functional groups attached to an aromatic ring is 1. The van der Waals surface area contributed by atoms with Crippen molar-refractivity contribution in [3.63, 3.8) is 0 Å². The molecule has 0 fully saturated rings. The maximum atomic E-state index is 13.0. The smallest absolute Gasteiger partial charge is 0.423 e. The zero-order valence-corrected chi connectivity index (χ0v) is 16.1. The van der Waals surface area contributed by atoms with E-state index in [-0.39, 0.29) is 5.82 Å². The van der Waals surface area contributed by atoms with Gasteiger partial charge < -0.3 is 19.6 Å². The lowest BCUT2D eigenvalue weighted by Crippen LogP contribution is -2.35. The van der Waals surface area contributed by atoms with Gasteiger partial charge >= 0.3 is 6.09 Å². The molecule has 0 aliphatic heterocycles. The fourth-order valence-electron chi connectivity index (χ4n) is 2.56. The number of aromatic nitrogens is 3. The summed E-state index contributed by atoms with van der Waals surface area (Å²) in [5.74, 6) is 1.07. The Bertz CT molecular complexity index is 1030. The van der Waals surface area contributed by atoms with Crippen molar-refractivity contribution < 1.29 is 14.1 Å².